The summed E-state index contributed by atoms with van der Waals surface area (Å²) in [6.45, 7) is 1.14. The smallest absolute Gasteiger partial charge is 0.253 e. The van der Waals surface area contributed by atoms with Crippen LogP contribution in [0.25, 0.3) is 0 Å². The molecule has 96 valence electrons. The number of hydrogen-bond acceptors (Lipinski definition) is 3. The Bertz CT molecular complexity index is 475. The number of hydrogen-bond donors (Lipinski definition) is 1. The summed E-state index contributed by atoms with van der Waals surface area (Å²) in [7, 11) is 0. The minimum Gasteiger partial charge on any atom is -0.411 e. The van der Waals surface area contributed by atoms with Crippen molar-refractivity contribution in [2.45, 2.75) is 12.8 Å². The Balaban J connectivity index is 2.12. The summed E-state index contributed by atoms with van der Waals surface area (Å²) in [6, 6.07) is 5.15. The Kier molecular flexibility index (Phi) is 4.24. The second-order valence-electron chi connectivity index (χ2n) is 4.12. The number of carbonyl (C=O) groups excluding carboxylic acids is 1. The van der Waals surface area contributed by atoms with Crippen molar-refractivity contribution in [3.8, 4) is 0 Å². The highest BCUT2D eigenvalue weighted by Crippen LogP contribution is 2.21. The van der Waals surface area contributed by atoms with Crippen molar-refractivity contribution in [3.63, 3.8) is 0 Å². The molecule has 0 unspecified atom stereocenters. The van der Waals surface area contributed by atoms with E-state index < -0.39 is 0 Å². The second-order valence-corrected chi connectivity index (χ2v) is 5.47. The average molecular weight is 332 g/mol. The molecule has 18 heavy (non-hydrogen) atoms. The molecule has 1 saturated heterocycles. The van der Waals surface area contributed by atoms with Gasteiger partial charge >= 0.3 is 0 Å². The number of amides is 1. The first-order valence-corrected chi connectivity index (χ1v) is 6.72. The zero-order valence-corrected chi connectivity index (χ0v) is 11.9. The molecule has 0 spiro atoms. The zero-order valence-electron chi connectivity index (χ0n) is 9.57. The van der Waals surface area contributed by atoms with Gasteiger partial charge < -0.3 is 10.1 Å². The fraction of sp³-hybridized carbons (Fsp3) is 0.333. The molecule has 0 saturated carbocycles. The standard InChI is InChI=1S/C12H12BrClN2O2/c13-9-5-8(6-10(14)7-9)12(17)16-3-1-11(15-18)2-4-16/h5-7,18H,1-4H2. The maximum Gasteiger partial charge on any atom is 0.253 e. The van der Waals surface area contributed by atoms with Crippen LogP contribution >= 0.6 is 27.5 Å². The molecule has 2 rings (SSSR count). The van der Waals surface area contributed by atoms with Gasteiger partial charge in [-0.1, -0.05) is 32.7 Å². The molecule has 1 aliphatic heterocycles. The van der Waals surface area contributed by atoms with Crippen LogP contribution in [0.2, 0.25) is 5.02 Å². The number of benzene rings is 1. The molecule has 0 aliphatic carbocycles. The summed E-state index contributed by atoms with van der Waals surface area (Å²) >= 11 is 9.24. The first kappa shape index (κ1) is 13.4. The van der Waals surface area contributed by atoms with Crippen LogP contribution in [0, 0.1) is 0 Å². The number of rotatable bonds is 1. The van der Waals surface area contributed by atoms with Crippen molar-refractivity contribution in [1.29, 1.82) is 0 Å². The molecule has 1 aromatic carbocycles. The normalized spacial score (nSPS) is 15.7. The predicted molar refractivity (Wildman–Crippen MR) is 73.5 cm³/mol. The zero-order chi connectivity index (χ0) is 13.1. The topological polar surface area (TPSA) is 52.9 Å². The molecule has 6 heteroatoms. The van der Waals surface area contributed by atoms with Gasteiger partial charge in [-0.2, -0.15) is 0 Å². The van der Waals surface area contributed by atoms with Crippen molar-refractivity contribution in [2.24, 2.45) is 5.16 Å². The Morgan fingerprint density at radius 2 is 2.00 bits per heavy atom. The lowest BCUT2D eigenvalue weighted by atomic mass is 10.1. The number of oxime groups is 1. The van der Waals surface area contributed by atoms with Gasteiger partial charge in [-0.15, -0.1) is 0 Å². The van der Waals surface area contributed by atoms with E-state index in [-0.39, 0.29) is 5.91 Å². The maximum atomic E-state index is 12.2. The van der Waals surface area contributed by atoms with Crippen LogP contribution in [0.5, 0.6) is 0 Å². The summed E-state index contributed by atoms with van der Waals surface area (Å²) < 4.78 is 0.785. The summed E-state index contributed by atoms with van der Waals surface area (Å²) in [5.41, 5.74) is 1.31. The fourth-order valence-electron chi connectivity index (χ4n) is 1.93. The SMILES string of the molecule is O=C(c1cc(Cl)cc(Br)c1)N1CCC(=NO)CC1. The van der Waals surface area contributed by atoms with Crippen LogP contribution in [0.3, 0.4) is 0 Å². The molecule has 0 atom stereocenters. The van der Waals surface area contributed by atoms with Crippen molar-refractivity contribution >= 4 is 39.1 Å². The Morgan fingerprint density at radius 1 is 1.33 bits per heavy atom. The minimum atomic E-state index is -0.0461. The summed E-state index contributed by atoms with van der Waals surface area (Å²) in [5.74, 6) is -0.0461. The Labute approximate surface area is 118 Å². The molecule has 4 nitrogen and oxygen atoms in total. The van der Waals surface area contributed by atoms with E-state index >= 15 is 0 Å². The first-order valence-electron chi connectivity index (χ1n) is 5.55. The molecular formula is C12H12BrClN2O2. The van der Waals surface area contributed by atoms with Crippen LogP contribution in [0.1, 0.15) is 23.2 Å². The monoisotopic (exact) mass is 330 g/mol. The lowest BCUT2D eigenvalue weighted by Crippen LogP contribution is -2.38. The third kappa shape index (κ3) is 3.03. The molecule has 0 radical (unpaired) electrons. The van der Waals surface area contributed by atoms with Gasteiger partial charge in [-0.3, -0.25) is 4.79 Å². The highest BCUT2D eigenvalue weighted by Gasteiger charge is 2.21. The molecule has 0 aromatic heterocycles. The highest BCUT2D eigenvalue weighted by atomic mass is 79.9. The van der Waals surface area contributed by atoms with Crippen molar-refractivity contribution in [2.75, 3.05) is 13.1 Å². The van der Waals surface area contributed by atoms with Crippen molar-refractivity contribution < 1.29 is 10.0 Å². The average Bonchev–Trinajstić information content (AvgIpc) is 2.37. The lowest BCUT2D eigenvalue weighted by molar-refractivity contribution is 0.0753. The van der Waals surface area contributed by atoms with E-state index in [1.807, 2.05) is 0 Å². The third-order valence-corrected chi connectivity index (χ3v) is 3.55. The van der Waals surface area contributed by atoms with Gasteiger partial charge in [-0.05, 0) is 18.2 Å². The van der Waals surface area contributed by atoms with Crippen LogP contribution in [0.15, 0.2) is 27.8 Å². The van der Waals surface area contributed by atoms with Gasteiger partial charge in [0.1, 0.15) is 0 Å². The molecular weight excluding hydrogens is 320 g/mol. The van der Waals surface area contributed by atoms with Gasteiger partial charge in [0.15, 0.2) is 0 Å². The largest absolute Gasteiger partial charge is 0.411 e. The van der Waals surface area contributed by atoms with Crippen molar-refractivity contribution in [1.82, 2.24) is 4.90 Å². The molecule has 0 bridgehead atoms. The third-order valence-electron chi connectivity index (χ3n) is 2.88. The van der Waals surface area contributed by atoms with Gasteiger partial charge in [-0.25, -0.2) is 0 Å². The minimum absolute atomic E-state index is 0.0461. The van der Waals surface area contributed by atoms with E-state index in [4.69, 9.17) is 16.8 Å². The molecule has 1 aliphatic rings. The van der Waals surface area contributed by atoms with Gasteiger partial charge in [0, 0.05) is 41.0 Å². The quantitative estimate of drug-likeness (QED) is 0.635. The highest BCUT2D eigenvalue weighted by molar-refractivity contribution is 9.10. The van der Waals surface area contributed by atoms with Crippen LogP contribution in [-0.4, -0.2) is 34.8 Å². The summed E-state index contributed by atoms with van der Waals surface area (Å²) in [4.78, 5) is 14.0. The summed E-state index contributed by atoms with van der Waals surface area (Å²) in [5, 5.41) is 12.4. The van der Waals surface area contributed by atoms with Crippen LogP contribution < -0.4 is 0 Å². The number of piperidine rings is 1. The van der Waals surface area contributed by atoms with Crippen LogP contribution in [-0.2, 0) is 0 Å². The molecule has 1 aromatic rings. The van der Waals surface area contributed by atoms with E-state index in [0.717, 1.165) is 10.2 Å². The molecule has 1 N–H and O–H groups in total. The van der Waals surface area contributed by atoms with Gasteiger partial charge in [0.05, 0.1) is 5.71 Å². The maximum absolute atomic E-state index is 12.2. The van der Waals surface area contributed by atoms with Gasteiger partial charge in [0.2, 0.25) is 0 Å². The summed E-state index contributed by atoms with van der Waals surface area (Å²) in [6.07, 6.45) is 1.23. The lowest BCUT2D eigenvalue weighted by Gasteiger charge is -2.27. The van der Waals surface area contributed by atoms with Gasteiger partial charge in [0.25, 0.3) is 5.91 Å². The molecule has 1 heterocycles. The Morgan fingerprint density at radius 3 is 2.56 bits per heavy atom. The number of carbonyl (C=O) groups is 1. The Hall–Kier alpha value is -1.07. The van der Waals surface area contributed by atoms with Crippen LogP contribution in [0.4, 0.5) is 0 Å². The van der Waals surface area contributed by atoms with E-state index in [1.54, 1.807) is 23.1 Å². The second kappa shape index (κ2) is 5.71. The van der Waals surface area contributed by atoms with E-state index in [1.165, 1.54) is 0 Å². The molecule has 1 amide bonds. The van der Waals surface area contributed by atoms with E-state index in [9.17, 15) is 4.79 Å². The van der Waals surface area contributed by atoms with E-state index in [2.05, 4.69) is 21.1 Å². The first-order chi connectivity index (χ1) is 8.60. The number of likely N-dealkylation sites (tertiary alicyclic amines) is 1. The van der Waals surface area contributed by atoms with E-state index in [0.29, 0.717) is 36.5 Å². The fourth-order valence-corrected chi connectivity index (χ4v) is 2.79. The van der Waals surface area contributed by atoms with Crippen molar-refractivity contribution in [3.05, 3.63) is 33.3 Å². The predicted octanol–water partition coefficient (Wildman–Crippen LogP) is 3.17. The molecule has 1 fully saturated rings. The number of halogens is 2. The number of nitrogens with zero attached hydrogens (tertiary/aromatic N) is 2.